The summed E-state index contributed by atoms with van der Waals surface area (Å²) < 4.78 is 39.4. The Labute approximate surface area is 146 Å². The van der Waals surface area contributed by atoms with Gasteiger partial charge in [-0.25, -0.2) is 0 Å². The molecule has 1 amide bonds. The molecule has 0 fully saturated rings. The number of carbonyl (C=O) groups is 1. The fourth-order valence-corrected chi connectivity index (χ4v) is 2.82. The van der Waals surface area contributed by atoms with E-state index in [0.717, 1.165) is 6.07 Å². The van der Waals surface area contributed by atoms with E-state index in [9.17, 15) is 22.8 Å². The molecule has 0 saturated carbocycles. The second-order valence-electron chi connectivity index (χ2n) is 5.86. The van der Waals surface area contributed by atoms with E-state index in [2.05, 4.69) is 10.3 Å². The molecule has 0 bridgehead atoms. The zero-order chi connectivity index (χ0) is 18.9. The van der Waals surface area contributed by atoms with Crippen LogP contribution < -0.4 is 10.7 Å². The summed E-state index contributed by atoms with van der Waals surface area (Å²) in [5.41, 5.74) is -0.941. The molecule has 3 aromatic rings. The number of benzene rings is 2. The van der Waals surface area contributed by atoms with Crippen LogP contribution in [0.15, 0.2) is 59.5 Å². The van der Waals surface area contributed by atoms with E-state index in [1.807, 2.05) is 0 Å². The van der Waals surface area contributed by atoms with Gasteiger partial charge in [0.15, 0.2) is 0 Å². The van der Waals surface area contributed by atoms with Crippen LogP contribution in [-0.2, 0) is 6.18 Å². The average molecular weight is 360 g/mol. The summed E-state index contributed by atoms with van der Waals surface area (Å²) in [4.78, 5) is 27.7. The average Bonchev–Trinajstić information content (AvgIpc) is 2.61. The minimum absolute atomic E-state index is 0.0643. The van der Waals surface area contributed by atoms with Crippen molar-refractivity contribution in [3.63, 3.8) is 0 Å². The first-order chi connectivity index (χ1) is 12.3. The summed E-state index contributed by atoms with van der Waals surface area (Å²) >= 11 is 0. The molecule has 1 aromatic heterocycles. The van der Waals surface area contributed by atoms with Crippen molar-refractivity contribution in [1.29, 1.82) is 0 Å². The highest BCUT2D eigenvalue weighted by molar-refractivity contribution is 5.97. The van der Waals surface area contributed by atoms with Crippen molar-refractivity contribution in [3.05, 3.63) is 81.6 Å². The number of hydrogen-bond acceptors (Lipinski definition) is 2. The van der Waals surface area contributed by atoms with Gasteiger partial charge < -0.3 is 10.3 Å². The summed E-state index contributed by atoms with van der Waals surface area (Å²) in [5, 5.41) is 2.81. The molecule has 0 aliphatic heterocycles. The molecule has 0 aliphatic carbocycles. The summed E-state index contributed by atoms with van der Waals surface area (Å²) in [6.45, 7) is 1.44. The van der Waals surface area contributed by atoms with Gasteiger partial charge in [0.25, 0.3) is 5.91 Å². The van der Waals surface area contributed by atoms with Gasteiger partial charge in [-0.1, -0.05) is 30.3 Å². The Morgan fingerprint density at radius 3 is 2.46 bits per heavy atom. The molecule has 134 valence electrons. The highest BCUT2D eigenvalue weighted by atomic mass is 19.4. The van der Waals surface area contributed by atoms with Gasteiger partial charge in [0, 0.05) is 17.1 Å². The maximum atomic E-state index is 13.1. The van der Waals surface area contributed by atoms with Crippen molar-refractivity contribution in [3.8, 4) is 0 Å². The van der Waals surface area contributed by atoms with E-state index >= 15 is 0 Å². The Bertz CT molecular complexity index is 1020. The van der Waals surface area contributed by atoms with E-state index in [4.69, 9.17) is 0 Å². The van der Waals surface area contributed by atoms with Gasteiger partial charge in [0.1, 0.15) is 5.56 Å². The van der Waals surface area contributed by atoms with Gasteiger partial charge in [-0.15, -0.1) is 0 Å². The Hall–Kier alpha value is -3.09. The van der Waals surface area contributed by atoms with Crippen molar-refractivity contribution in [2.75, 3.05) is 0 Å². The van der Waals surface area contributed by atoms with Crippen LogP contribution >= 0.6 is 0 Å². The molecule has 1 atom stereocenters. The van der Waals surface area contributed by atoms with E-state index in [-0.39, 0.29) is 11.1 Å². The van der Waals surface area contributed by atoms with Crippen LogP contribution in [0.25, 0.3) is 10.9 Å². The molecule has 0 spiro atoms. The fourth-order valence-electron chi connectivity index (χ4n) is 2.82. The van der Waals surface area contributed by atoms with Crippen LogP contribution in [0, 0.1) is 0 Å². The van der Waals surface area contributed by atoms with Gasteiger partial charge in [-0.05, 0) is 30.7 Å². The molecule has 0 unspecified atom stereocenters. The Kier molecular flexibility index (Phi) is 4.54. The van der Waals surface area contributed by atoms with Crippen molar-refractivity contribution < 1.29 is 18.0 Å². The number of halogens is 3. The fraction of sp³-hybridized carbons (Fsp3) is 0.158. The summed E-state index contributed by atoms with van der Waals surface area (Å²) in [6, 6.07) is 10.8. The number of pyridine rings is 1. The predicted octanol–water partition coefficient (Wildman–Crippen LogP) is 4.04. The largest absolute Gasteiger partial charge is 0.416 e. The molecule has 0 aliphatic rings. The minimum Gasteiger partial charge on any atom is -0.360 e. The zero-order valence-corrected chi connectivity index (χ0v) is 13.7. The monoisotopic (exact) mass is 360 g/mol. The van der Waals surface area contributed by atoms with Gasteiger partial charge in [0.2, 0.25) is 5.43 Å². The van der Waals surface area contributed by atoms with Crippen molar-refractivity contribution >= 4 is 16.8 Å². The number of rotatable bonds is 3. The Balaban J connectivity index is 1.92. The standard InChI is InChI=1S/C19H15F3N2O2/c1-11(12-6-2-4-8-15(12)19(20,21)22)24-18(26)14-10-23-16-9-5-3-7-13(16)17(14)25/h2-11H,1H3,(H,23,25)(H,24,26)/t11-/m1/s1. The summed E-state index contributed by atoms with van der Waals surface area (Å²) in [5.74, 6) is -0.735. The van der Waals surface area contributed by atoms with Crippen LogP contribution in [0.4, 0.5) is 13.2 Å². The van der Waals surface area contributed by atoms with E-state index in [1.54, 1.807) is 24.3 Å². The topological polar surface area (TPSA) is 62.0 Å². The molecule has 7 heteroatoms. The molecule has 4 nitrogen and oxygen atoms in total. The first-order valence-corrected chi connectivity index (χ1v) is 7.86. The number of hydrogen-bond donors (Lipinski definition) is 2. The lowest BCUT2D eigenvalue weighted by Gasteiger charge is -2.19. The van der Waals surface area contributed by atoms with Crippen molar-refractivity contribution in [2.24, 2.45) is 0 Å². The van der Waals surface area contributed by atoms with Crippen LogP contribution in [0.5, 0.6) is 0 Å². The molecule has 0 saturated heterocycles. The van der Waals surface area contributed by atoms with Crippen LogP contribution in [0.2, 0.25) is 0 Å². The summed E-state index contributed by atoms with van der Waals surface area (Å²) in [6.07, 6.45) is -3.27. The lowest BCUT2D eigenvalue weighted by Crippen LogP contribution is -2.32. The van der Waals surface area contributed by atoms with Crippen LogP contribution in [-0.4, -0.2) is 10.9 Å². The smallest absolute Gasteiger partial charge is 0.360 e. The highest BCUT2D eigenvalue weighted by Crippen LogP contribution is 2.34. The maximum Gasteiger partial charge on any atom is 0.416 e. The molecule has 2 N–H and O–H groups in total. The number of fused-ring (bicyclic) bond motifs is 1. The number of amides is 1. The van der Waals surface area contributed by atoms with E-state index in [1.165, 1.54) is 31.3 Å². The first-order valence-electron chi connectivity index (χ1n) is 7.86. The lowest BCUT2D eigenvalue weighted by atomic mass is 10.0. The molecule has 3 rings (SSSR count). The molecule has 26 heavy (non-hydrogen) atoms. The molecule has 2 aromatic carbocycles. The normalized spacial score (nSPS) is 12.8. The Morgan fingerprint density at radius 2 is 1.73 bits per heavy atom. The number of nitrogens with one attached hydrogen (secondary N) is 2. The van der Waals surface area contributed by atoms with Crippen LogP contribution in [0.1, 0.15) is 34.5 Å². The van der Waals surface area contributed by atoms with Gasteiger partial charge >= 0.3 is 6.18 Å². The molecule has 1 heterocycles. The lowest BCUT2D eigenvalue weighted by molar-refractivity contribution is -0.138. The third-order valence-electron chi connectivity index (χ3n) is 4.11. The zero-order valence-electron chi connectivity index (χ0n) is 13.7. The van der Waals surface area contributed by atoms with E-state index in [0.29, 0.717) is 10.9 Å². The maximum absolute atomic E-state index is 13.1. The van der Waals surface area contributed by atoms with Gasteiger partial charge in [-0.2, -0.15) is 13.2 Å². The predicted molar refractivity (Wildman–Crippen MR) is 91.9 cm³/mol. The first kappa shape index (κ1) is 17.7. The third kappa shape index (κ3) is 3.33. The number of aromatic nitrogens is 1. The SMILES string of the molecule is C[C@@H](NC(=O)c1c[nH]c2ccccc2c1=O)c1ccccc1C(F)(F)F. The highest BCUT2D eigenvalue weighted by Gasteiger charge is 2.34. The number of para-hydroxylation sites is 1. The van der Waals surface area contributed by atoms with Crippen molar-refractivity contribution in [1.82, 2.24) is 10.3 Å². The molecule has 0 radical (unpaired) electrons. The second kappa shape index (κ2) is 6.67. The van der Waals surface area contributed by atoms with Crippen LogP contribution in [0.3, 0.4) is 0 Å². The number of carbonyl (C=O) groups excluding carboxylic acids is 1. The number of aromatic amines is 1. The minimum atomic E-state index is -4.53. The number of alkyl halides is 3. The third-order valence-corrected chi connectivity index (χ3v) is 4.11. The number of H-pyrrole nitrogens is 1. The van der Waals surface area contributed by atoms with Gasteiger partial charge in [0.05, 0.1) is 11.6 Å². The summed E-state index contributed by atoms with van der Waals surface area (Å²) in [7, 11) is 0. The van der Waals surface area contributed by atoms with E-state index < -0.39 is 29.1 Å². The molecular formula is C19H15F3N2O2. The quantitative estimate of drug-likeness (QED) is 0.741. The molecular weight excluding hydrogens is 345 g/mol. The van der Waals surface area contributed by atoms with Gasteiger partial charge in [-0.3, -0.25) is 9.59 Å². The Morgan fingerprint density at radius 1 is 1.08 bits per heavy atom. The second-order valence-corrected chi connectivity index (χ2v) is 5.86. The van der Waals surface area contributed by atoms with Crippen molar-refractivity contribution in [2.45, 2.75) is 19.1 Å².